The van der Waals surface area contributed by atoms with Crippen molar-refractivity contribution in [2.45, 2.75) is 124 Å². The minimum absolute atomic E-state index is 0.101. The molecule has 0 aromatic carbocycles. The van der Waals surface area contributed by atoms with Gasteiger partial charge in [0, 0.05) is 31.0 Å². The van der Waals surface area contributed by atoms with Crippen molar-refractivity contribution < 1.29 is 14.3 Å². The molecule has 3 nitrogen and oxygen atoms in total. The standard InChI is InChI=1S/C31H50O3/c1-4-5-6-10-19-34-20-11-8-7-9-12-23-15-17-30(2)24(21-23)22-27(32)29-25-13-14-28(33)31(25,3)18-16-26(29)30/h22-23,25-26,29H,4-21H2,1-3H3/t23-,25?,26?,29?,30-,31-/m0/s1. The van der Waals surface area contributed by atoms with E-state index in [0.29, 0.717) is 29.8 Å². The van der Waals surface area contributed by atoms with Crippen molar-refractivity contribution in [3.8, 4) is 0 Å². The van der Waals surface area contributed by atoms with E-state index in [1.54, 1.807) is 0 Å². The molecule has 3 unspecified atom stereocenters. The van der Waals surface area contributed by atoms with Gasteiger partial charge < -0.3 is 4.74 Å². The predicted molar refractivity (Wildman–Crippen MR) is 139 cm³/mol. The van der Waals surface area contributed by atoms with Crippen LogP contribution in [0.4, 0.5) is 0 Å². The number of ether oxygens (including phenoxy) is 1. The molecule has 0 aromatic rings. The van der Waals surface area contributed by atoms with Crippen molar-refractivity contribution in [1.82, 2.24) is 0 Å². The van der Waals surface area contributed by atoms with Crippen molar-refractivity contribution in [2.24, 2.45) is 34.5 Å². The number of hydrogen-bond donors (Lipinski definition) is 0. The topological polar surface area (TPSA) is 43.4 Å². The fourth-order valence-corrected chi connectivity index (χ4v) is 8.22. The first-order valence-electron chi connectivity index (χ1n) is 14.8. The molecule has 6 atom stereocenters. The Bertz CT molecular complexity index is 754. The smallest absolute Gasteiger partial charge is 0.159 e. The Labute approximate surface area is 208 Å². The highest BCUT2D eigenvalue weighted by atomic mass is 16.5. The fourth-order valence-electron chi connectivity index (χ4n) is 8.22. The summed E-state index contributed by atoms with van der Waals surface area (Å²) in [5.41, 5.74) is 1.42. The number of fused-ring (bicyclic) bond motifs is 5. The number of carbonyl (C=O) groups excluding carboxylic acids is 2. The van der Waals surface area contributed by atoms with E-state index in [-0.39, 0.29) is 16.7 Å². The van der Waals surface area contributed by atoms with Gasteiger partial charge in [-0.2, -0.15) is 0 Å². The molecule has 4 aliphatic rings. The molecule has 4 rings (SSSR count). The highest BCUT2D eigenvalue weighted by molar-refractivity contribution is 5.96. The van der Waals surface area contributed by atoms with Crippen molar-refractivity contribution in [2.75, 3.05) is 13.2 Å². The summed E-state index contributed by atoms with van der Waals surface area (Å²) in [6.45, 7) is 8.73. The first-order valence-corrected chi connectivity index (χ1v) is 14.8. The second-order valence-electron chi connectivity index (χ2n) is 12.6. The van der Waals surface area contributed by atoms with Crippen LogP contribution in [0.2, 0.25) is 0 Å². The third kappa shape index (κ3) is 5.25. The van der Waals surface area contributed by atoms with Gasteiger partial charge in [0.25, 0.3) is 0 Å². The van der Waals surface area contributed by atoms with Crippen molar-refractivity contribution in [1.29, 1.82) is 0 Å². The van der Waals surface area contributed by atoms with E-state index in [2.05, 4.69) is 26.8 Å². The molecule has 192 valence electrons. The second kappa shape index (κ2) is 11.4. The van der Waals surface area contributed by atoms with E-state index < -0.39 is 0 Å². The van der Waals surface area contributed by atoms with Crippen LogP contribution in [0.1, 0.15) is 124 Å². The van der Waals surface area contributed by atoms with Gasteiger partial charge in [-0.3, -0.25) is 9.59 Å². The Kier molecular flexibility index (Phi) is 8.75. The summed E-state index contributed by atoms with van der Waals surface area (Å²) < 4.78 is 5.78. The zero-order valence-corrected chi connectivity index (χ0v) is 22.3. The van der Waals surface area contributed by atoms with E-state index in [0.717, 1.165) is 44.8 Å². The Morgan fingerprint density at radius 1 is 0.853 bits per heavy atom. The van der Waals surface area contributed by atoms with Crippen LogP contribution < -0.4 is 0 Å². The summed E-state index contributed by atoms with van der Waals surface area (Å²) in [6.07, 6.45) is 21.0. The Morgan fingerprint density at radius 2 is 1.53 bits per heavy atom. The van der Waals surface area contributed by atoms with Gasteiger partial charge >= 0.3 is 0 Å². The molecule has 0 heterocycles. The normalized spacial score (nSPS) is 37.2. The van der Waals surface area contributed by atoms with Crippen molar-refractivity contribution in [3.05, 3.63) is 11.6 Å². The Balaban J connectivity index is 1.21. The number of rotatable bonds is 12. The van der Waals surface area contributed by atoms with Gasteiger partial charge in [0.2, 0.25) is 0 Å². The molecule has 0 saturated heterocycles. The average molecular weight is 471 g/mol. The van der Waals surface area contributed by atoms with Crippen molar-refractivity contribution in [3.63, 3.8) is 0 Å². The Morgan fingerprint density at radius 3 is 2.29 bits per heavy atom. The third-order valence-corrected chi connectivity index (χ3v) is 10.6. The molecule has 3 saturated carbocycles. The molecule has 3 fully saturated rings. The van der Waals surface area contributed by atoms with Crippen LogP contribution >= 0.6 is 0 Å². The van der Waals surface area contributed by atoms with Gasteiger partial charge in [-0.25, -0.2) is 0 Å². The summed E-state index contributed by atoms with van der Waals surface area (Å²) in [6, 6.07) is 0. The summed E-state index contributed by atoms with van der Waals surface area (Å²) in [5, 5.41) is 0. The molecular formula is C31H50O3. The predicted octanol–water partition coefficient (Wildman–Crippen LogP) is 7.86. The molecule has 34 heavy (non-hydrogen) atoms. The zero-order chi connectivity index (χ0) is 24.2. The summed E-state index contributed by atoms with van der Waals surface area (Å²) in [4.78, 5) is 26.0. The molecule has 0 radical (unpaired) electrons. The van der Waals surface area contributed by atoms with Gasteiger partial charge in [-0.1, -0.05) is 71.3 Å². The monoisotopic (exact) mass is 470 g/mol. The number of hydrogen-bond acceptors (Lipinski definition) is 3. The van der Waals surface area contributed by atoms with Crippen LogP contribution in [0.5, 0.6) is 0 Å². The highest BCUT2D eigenvalue weighted by Crippen LogP contribution is 2.63. The number of carbonyl (C=O) groups is 2. The lowest BCUT2D eigenvalue weighted by molar-refractivity contribution is -0.139. The van der Waals surface area contributed by atoms with E-state index in [9.17, 15) is 9.59 Å². The van der Waals surface area contributed by atoms with Crippen LogP contribution in [0, 0.1) is 34.5 Å². The van der Waals surface area contributed by atoms with E-state index in [4.69, 9.17) is 4.74 Å². The number of allylic oxidation sites excluding steroid dienone is 2. The quantitative estimate of drug-likeness (QED) is 0.273. The first kappa shape index (κ1) is 26.1. The summed E-state index contributed by atoms with van der Waals surface area (Å²) >= 11 is 0. The van der Waals surface area contributed by atoms with E-state index in [1.807, 2.05) is 0 Å². The summed E-state index contributed by atoms with van der Waals surface area (Å²) in [5.74, 6) is 2.39. The maximum Gasteiger partial charge on any atom is 0.159 e. The van der Waals surface area contributed by atoms with Crippen LogP contribution in [-0.4, -0.2) is 24.8 Å². The fraction of sp³-hybridized carbons (Fsp3) is 0.871. The highest BCUT2D eigenvalue weighted by Gasteiger charge is 2.60. The maximum atomic E-state index is 13.4. The molecule has 0 aliphatic heterocycles. The van der Waals surface area contributed by atoms with E-state index >= 15 is 0 Å². The lowest BCUT2D eigenvalue weighted by Gasteiger charge is -2.56. The Hall–Kier alpha value is -0.960. The summed E-state index contributed by atoms with van der Waals surface area (Å²) in [7, 11) is 0. The molecule has 4 aliphatic carbocycles. The molecule has 0 bridgehead atoms. The first-order chi connectivity index (χ1) is 16.4. The van der Waals surface area contributed by atoms with Crippen LogP contribution in [0.3, 0.4) is 0 Å². The zero-order valence-electron chi connectivity index (χ0n) is 22.3. The lowest BCUT2D eigenvalue weighted by atomic mass is 9.47. The number of unbranched alkanes of at least 4 members (excludes halogenated alkanes) is 6. The minimum atomic E-state index is -0.226. The lowest BCUT2D eigenvalue weighted by Crippen LogP contribution is -2.53. The molecular weight excluding hydrogens is 420 g/mol. The molecule has 3 heteroatoms. The average Bonchev–Trinajstić information content (AvgIpc) is 3.12. The van der Waals surface area contributed by atoms with Crippen LogP contribution in [0.15, 0.2) is 11.6 Å². The molecule has 0 aromatic heterocycles. The molecule has 0 spiro atoms. The van der Waals surface area contributed by atoms with Gasteiger partial charge in [0.05, 0.1) is 0 Å². The maximum absolute atomic E-state index is 13.4. The van der Waals surface area contributed by atoms with Crippen LogP contribution in [0.25, 0.3) is 0 Å². The molecule has 0 N–H and O–H groups in total. The molecule has 0 amide bonds. The largest absolute Gasteiger partial charge is 0.381 e. The van der Waals surface area contributed by atoms with Gasteiger partial charge in [-0.15, -0.1) is 0 Å². The third-order valence-electron chi connectivity index (χ3n) is 10.6. The van der Waals surface area contributed by atoms with Gasteiger partial charge in [-0.05, 0) is 80.6 Å². The SMILES string of the molecule is CCCCCCOCCCCCC[C@H]1CC[C@@]2(C)C(=CC(=O)C3C2CC[C@]2(C)C(=O)CCC32)C1. The van der Waals surface area contributed by atoms with Gasteiger partial charge in [0.1, 0.15) is 5.78 Å². The van der Waals surface area contributed by atoms with Gasteiger partial charge in [0.15, 0.2) is 5.78 Å². The number of ketones is 2. The van der Waals surface area contributed by atoms with Crippen molar-refractivity contribution >= 4 is 11.6 Å². The second-order valence-corrected chi connectivity index (χ2v) is 12.6. The minimum Gasteiger partial charge on any atom is -0.381 e. The van der Waals surface area contributed by atoms with Crippen LogP contribution in [-0.2, 0) is 14.3 Å². The van der Waals surface area contributed by atoms with E-state index in [1.165, 1.54) is 76.2 Å². The number of Topliss-reactive ketones (excluding diaryl/α,β-unsaturated/α-hetero) is 1.